The molecular weight excluding hydrogens is 262 g/mol. The van der Waals surface area contributed by atoms with Gasteiger partial charge in [0.05, 0.1) is 12.9 Å². The Bertz CT molecular complexity index is 534. The number of aryl methyl sites for hydroxylation is 1. The number of hydrogen-bond donors (Lipinski definition) is 3. The zero-order valence-electron chi connectivity index (χ0n) is 9.99. The van der Waals surface area contributed by atoms with Gasteiger partial charge in [0.15, 0.2) is 10.6 Å². The van der Waals surface area contributed by atoms with Crippen LogP contribution in [0.5, 0.6) is 0 Å². The van der Waals surface area contributed by atoms with Gasteiger partial charge in [0, 0.05) is 12.7 Å². The van der Waals surface area contributed by atoms with Gasteiger partial charge < -0.3 is 14.8 Å². The minimum absolute atomic E-state index is 0.217. The van der Waals surface area contributed by atoms with E-state index in [2.05, 4.69) is 4.98 Å². The van der Waals surface area contributed by atoms with Gasteiger partial charge in [-0.05, 0) is 13.8 Å². The lowest BCUT2D eigenvalue weighted by molar-refractivity contribution is -0.155. The third-order valence-corrected chi connectivity index (χ3v) is 3.60. The van der Waals surface area contributed by atoms with Gasteiger partial charge in [0.25, 0.3) is 10.0 Å². The highest BCUT2D eigenvalue weighted by atomic mass is 32.2. The summed E-state index contributed by atoms with van der Waals surface area (Å²) in [5, 5.41) is 17.8. The number of carbonyl (C=O) groups is 1. The van der Waals surface area contributed by atoms with Crippen LogP contribution < -0.4 is 4.72 Å². The smallest absolute Gasteiger partial charge is 0.336 e. The Morgan fingerprint density at radius 2 is 2.22 bits per heavy atom. The first-order chi connectivity index (χ1) is 8.19. The van der Waals surface area contributed by atoms with Crippen LogP contribution in [0, 0.1) is 0 Å². The minimum Gasteiger partial charge on any atom is -0.479 e. The Hall–Kier alpha value is -1.45. The number of rotatable bonds is 6. The van der Waals surface area contributed by atoms with Gasteiger partial charge in [0.2, 0.25) is 0 Å². The summed E-state index contributed by atoms with van der Waals surface area (Å²) < 4.78 is 27.0. The summed E-state index contributed by atoms with van der Waals surface area (Å²) in [5.74, 6) is -1.51. The molecule has 0 spiro atoms. The molecular formula is C9H15N3O5S. The molecule has 1 unspecified atom stereocenters. The molecule has 1 atom stereocenters. The first kappa shape index (κ1) is 14.6. The molecule has 102 valence electrons. The van der Waals surface area contributed by atoms with Crippen molar-refractivity contribution >= 4 is 16.0 Å². The van der Waals surface area contributed by atoms with Crippen molar-refractivity contribution in [2.45, 2.75) is 31.0 Å². The number of aliphatic carboxylic acids is 1. The topological polar surface area (TPSA) is 122 Å². The summed E-state index contributed by atoms with van der Waals surface area (Å²) >= 11 is 0. The second-order valence-electron chi connectivity index (χ2n) is 3.95. The molecule has 18 heavy (non-hydrogen) atoms. The average molecular weight is 277 g/mol. The molecule has 0 saturated carbocycles. The molecule has 0 radical (unpaired) electrons. The largest absolute Gasteiger partial charge is 0.479 e. The Balaban J connectivity index is 2.80. The Kier molecular flexibility index (Phi) is 4.09. The first-order valence-electron chi connectivity index (χ1n) is 5.16. The SMILES string of the molecule is CCn1cnc(S(=O)(=O)NCC(C)(O)C(=O)O)c1. The van der Waals surface area contributed by atoms with Gasteiger partial charge in [-0.15, -0.1) is 0 Å². The van der Waals surface area contributed by atoms with E-state index in [0.717, 1.165) is 6.92 Å². The summed E-state index contributed by atoms with van der Waals surface area (Å²) in [6.07, 6.45) is 2.67. The lowest BCUT2D eigenvalue weighted by atomic mass is 10.1. The van der Waals surface area contributed by atoms with Crippen molar-refractivity contribution in [1.82, 2.24) is 14.3 Å². The molecule has 0 amide bonds. The van der Waals surface area contributed by atoms with Crippen molar-refractivity contribution in [3.63, 3.8) is 0 Å². The molecule has 1 heterocycles. The zero-order valence-corrected chi connectivity index (χ0v) is 10.8. The van der Waals surface area contributed by atoms with Crippen molar-refractivity contribution < 1.29 is 23.4 Å². The van der Waals surface area contributed by atoms with Gasteiger partial charge in [-0.1, -0.05) is 0 Å². The second-order valence-corrected chi connectivity index (χ2v) is 5.66. The van der Waals surface area contributed by atoms with Gasteiger partial charge in [-0.25, -0.2) is 22.9 Å². The number of aromatic nitrogens is 2. The van der Waals surface area contributed by atoms with Crippen molar-refractivity contribution in [2.75, 3.05) is 6.54 Å². The summed E-state index contributed by atoms with van der Waals surface area (Å²) in [6, 6.07) is 0. The predicted octanol–water partition coefficient (Wildman–Crippen LogP) is -0.983. The normalized spacial score (nSPS) is 15.3. The highest BCUT2D eigenvalue weighted by Gasteiger charge is 2.32. The summed E-state index contributed by atoms with van der Waals surface area (Å²) in [4.78, 5) is 14.3. The first-order valence-corrected chi connectivity index (χ1v) is 6.64. The summed E-state index contributed by atoms with van der Waals surface area (Å²) in [5.41, 5.74) is -2.17. The molecule has 9 heteroatoms. The van der Waals surface area contributed by atoms with Crippen LogP contribution >= 0.6 is 0 Å². The summed E-state index contributed by atoms with van der Waals surface area (Å²) in [7, 11) is -3.92. The quantitative estimate of drug-likeness (QED) is 0.614. The van der Waals surface area contributed by atoms with Crippen molar-refractivity contribution in [2.24, 2.45) is 0 Å². The number of nitrogens with zero attached hydrogens (tertiary/aromatic N) is 2. The predicted molar refractivity (Wildman–Crippen MR) is 61.3 cm³/mol. The maximum absolute atomic E-state index is 11.7. The highest BCUT2D eigenvalue weighted by Crippen LogP contribution is 2.07. The van der Waals surface area contributed by atoms with E-state index < -0.39 is 28.1 Å². The Morgan fingerprint density at radius 1 is 1.61 bits per heavy atom. The molecule has 0 aromatic carbocycles. The van der Waals surface area contributed by atoms with Crippen molar-refractivity contribution in [3.8, 4) is 0 Å². The fourth-order valence-corrected chi connectivity index (χ4v) is 2.12. The van der Waals surface area contributed by atoms with E-state index in [1.165, 1.54) is 12.5 Å². The third kappa shape index (κ3) is 3.28. The molecule has 0 saturated heterocycles. The lowest BCUT2D eigenvalue weighted by Gasteiger charge is -2.17. The van der Waals surface area contributed by atoms with Crippen LogP contribution in [0.15, 0.2) is 17.6 Å². The van der Waals surface area contributed by atoms with E-state index in [1.54, 1.807) is 4.57 Å². The fourth-order valence-electron chi connectivity index (χ4n) is 1.04. The Morgan fingerprint density at radius 3 is 2.67 bits per heavy atom. The van der Waals surface area contributed by atoms with Crippen LogP contribution in [0.3, 0.4) is 0 Å². The molecule has 0 aliphatic carbocycles. The molecule has 3 N–H and O–H groups in total. The number of aliphatic hydroxyl groups is 1. The van der Waals surface area contributed by atoms with E-state index in [4.69, 9.17) is 5.11 Å². The van der Waals surface area contributed by atoms with Gasteiger partial charge >= 0.3 is 5.97 Å². The molecule has 0 fully saturated rings. The van der Waals surface area contributed by atoms with E-state index in [1.807, 2.05) is 11.6 Å². The van der Waals surface area contributed by atoms with Crippen LogP contribution in [0.4, 0.5) is 0 Å². The molecule has 8 nitrogen and oxygen atoms in total. The lowest BCUT2D eigenvalue weighted by Crippen LogP contribution is -2.46. The van der Waals surface area contributed by atoms with Crippen LogP contribution in [0.25, 0.3) is 0 Å². The molecule has 0 aliphatic rings. The van der Waals surface area contributed by atoms with Crippen LogP contribution in [0.1, 0.15) is 13.8 Å². The van der Waals surface area contributed by atoms with Gasteiger partial charge in [-0.3, -0.25) is 0 Å². The van der Waals surface area contributed by atoms with Crippen LogP contribution in [-0.2, 0) is 21.4 Å². The third-order valence-electron chi connectivity index (χ3n) is 2.32. The summed E-state index contributed by atoms with van der Waals surface area (Å²) in [6.45, 7) is 2.75. The van der Waals surface area contributed by atoms with E-state index >= 15 is 0 Å². The van der Waals surface area contributed by atoms with E-state index in [9.17, 15) is 18.3 Å². The monoisotopic (exact) mass is 277 g/mol. The van der Waals surface area contributed by atoms with E-state index in [-0.39, 0.29) is 5.03 Å². The molecule has 0 bridgehead atoms. The highest BCUT2D eigenvalue weighted by molar-refractivity contribution is 7.89. The minimum atomic E-state index is -3.92. The number of imidazole rings is 1. The Labute approximate surface area is 104 Å². The van der Waals surface area contributed by atoms with E-state index in [0.29, 0.717) is 6.54 Å². The number of sulfonamides is 1. The van der Waals surface area contributed by atoms with Crippen LogP contribution in [-0.4, -0.2) is 46.3 Å². The number of carboxylic acid groups (broad SMARTS) is 1. The molecule has 0 aliphatic heterocycles. The number of carboxylic acids is 1. The average Bonchev–Trinajstić information content (AvgIpc) is 2.75. The second kappa shape index (κ2) is 5.04. The number of hydrogen-bond acceptors (Lipinski definition) is 5. The number of nitrogens with one attached hydrogen (secondary N) is 1. The molecule has 1 rings (SSSR count). The standard InChI is InChI=1S/C9H15N3O5S/c1-3-12-4-7(10-6-12)18(16,17)11-5-9(2,15)8(13)14/h4,6,11,15H,3,5H2,1-2H3,(H,13,14). The maximum atomic E-state index is 11.7. The maximum Gasteiger partial charge on any atom is 0.336 e. The van der Waals surface area contributed by atoms with Crippen molar-refractivity contribution in [3.05, 3.63) is 12.5 Å². The zero-order chi connectivity index (χ0) is 14.0. The van der Waals surface area contributed by atoms with Gasteiger partial charge in [0.1, 0.15) is 0 Å². The molecule has 1 aromatic heterocycles. The molecule has 1 aromatic rings. The van der Waals surface area contributed by atoms with Gasteiger partial charge in [-0.2, -0.15) is 0 Å². The fraction of sp³-hybridized carbons (Fsp3) is 0.556. The van der Waals surface area contributed by atoms with Crippen molar-refractivity contribution in [1.29, 1.82) is 0 Å². The van der Waals surface area contributed by atoms with Crippen LogP contribution in [0.2, 0.25) is 0 Å².